The zero-order chi connectivity index (χ0) is 22.8. The Hall–Kier alpha value is -3.91. The maximum atomic E-state index is 14.4. The minimum atomic E-state index is -1.34. The maximum absolute atomic E-state index is 14.4. The summed E-state index contributed by atoms with van der Waals surface area (Å²) in [6.45, 7) is 0. The Bertz CT molecular complexity index is 1380. The van der Waals surface area contributed by atoms with Gasteiger partial charge in [-0.1, -0.05) is 17.7 Å². The van der Waals surface area contributed by atoms with E-state index in [0.29, 0.717) is 10.9 Å². The summed E-state index contributed by atoms with van der Waals surface area (Å²) in [5.74, 6) is -4.16. The lowest BCUT2D eigenvalue weighted by atomic mass is 10.0. The minimum absolute atomic E-state index is 0.0908. The van der Waals surface area contributed by atoms with Crippen molar-refractivity contribution < 1.29 is 22.8 Å². The van der Waals surface area contributed by atoms with Crippen LogP contribution < -0.4 is 10.6 Å². The van der Waals surface area contributed by atoms with Crippen LogP contribution in [0.2, 0.25) is 5.02 Å². The Kier molecular flexibility index (Phi) is 5.79. The van der Waals surface area contributed by atoms with Crippen LogP contribution in [0, 0.1) is 17.5 Å². The number of urea groups is 1. The molecule has 0 aliphatic carbocycles. The predicted molar refractivity (Wildman–Crippen MR) is 116 cm³/mol. The number of carbonyl (C=O) groups is 2. The molecule has 4 aromatic rings. The minimum Gasteiger partial charge on any atom is -0.308 e. The van der Waals surface area contributed by atoms with Gasteiger partial charge in [-0.15, -0.1) is 0 Å². The third-order valence-electron chi connectivity index (χ3n) is 4.57. The van der Waals surface area contributed by atoms with Gasteiger partial charge in [0.15, 0.2) is 17.4 Å². The third kappa shape index (κ3) is 4.40. The van der Waals surface area contributed by atoms with Crippen molar-refractivity contribution in [3.63, 3.8) is 0 Å². The van der Waals surface area contributed by atoms with E-state index >= 15 is 0 Å². The predicted octanol–water partition coefficient (Wildman–Crippen LogP) is 6.18. The van der Waals surface area contributed by atoms with Crippen LogP contribution in [0.5, 0.6) is 0 Å². The summed E-state index contributed by atoms with van der Waals surface area (Å²) in [5.41, 5.74) is 0.138. The number of hydrogen-bond donors (Lipinski definition) is 2. The Labute approximate surface area is 184 Å². The number of aromatic nitrogens is 1. The van der Waals surface area contributed by atoms with Crippen molar-refractivity contribution in [3.05, 3.63) is 100 Å². The van der Waals surface area contributed by atoms with E-state index in [-0.39, 0.29) is 22.0 Å². The molecular formula is C23H13ClF3N3O2. The molecule has 3 aromatic carbocycles. The lowest BCUT2D eigenvalue weighted by Gasteiger charge is -2.11. The lowest BCUT2D eigenvalue weighted by Crippen LogP contribution is -2.20. The van der Waals surface area contributed by atoms with Crippen LogP contribution in [0.15, 0.2) is 66.9 Å². The van der Waals surface area contributed by atoms with E-state index in [0.717, 1.165) is 18.2 Å². The standard InChI is InChI=1S/C23H13ClF3N3O2/c24-17-5-4-14(10-18(17)25)29-23(32)30-15-9-16(21(27)19(26)11-15)22(31)13-3-6-20-12(8-13)2-1-7-28-20/h1-11H,(H2,29,30,32). The van der Waals surface area contributed by atoms with E-state index in [1.807, 2.05) is 0 Å². The van der Waals surface area contributed by atoms with Crippen LogP contribution in [0.3, 0.4) is 0 Å². The summed E-state index contributed by atoms with van der Waals surface area (Å²) in [6.07, 6.45) is 1.59. The van der Waals surface area contributed by atoms with Gasteiger partial charge in [0.05, 0.1) is 16.1 Å². The Morgan fingerprint density at radius 1 is 0.844 bits per heavy atom. The van der Waals surface area contributed by atoms with Crippen molar-refractivity contribution in [1.29, 1.82) is 0 Å². The van der Waals surface area contributed by atoms with Crippen LogP contribution in [0.4, 0.5) is 29.3 Å². The van der Waals surface area contributed by atoms with Crippen molar-refractivity contribution >= 4 is 45.7 Å². The number of benzene rings is 3. The summed E-state index contributed by atoms with van der Waals surface area (Å²) in [5, 5.41) is 5.17. The van der Waals surface area contributed by atoms with Crippen LogP contribution in [-0.2, 0) is 0 Å². The van der Waals surface area contributed by atoms with Gasteiger partial charge in [-0.2, -0.15) is 0 Å². The molecule has 4 rings (SSSR count). The van der Waals surface area contributed by atoms with Crippen molar-refractivity contribution in [2.24, 2.45) is 0 Å². The second-order valence-electron chi connectivity index (χ2n) is 6.77. The molecule has 0 aliphatic heterocycles. The van der Waals surface area contributed by atoms with Crippen LogP contribution in [0.1, 0.15) is 15.9 Å². The first-order chi connectivity index (χ1) is 15.3. The molecule has 1 heterocycles. The largest absolute Gasteiger partial charge is 0.323 e. The van der Waals surface area contributed by atoms with Crippen LogP contribution in [-0.4, -0.2) is 16.8 Å². The Balaban J connectivity index is 1.59. The third-order valence-corrected chi connectivity index (χ3v) is 4.88. The van der Waals surface area contributed by atoms with Gasteiger partial charge in [0, 0.05) is 34.6 Å². The van der Waals surface area contributed by atoms with Gasteiger partial charge >= 0.3 is 6.03 Å². The topological polar surface area (TPSA) is 71.1 Å². The molecule has 0 saturated carbocycles. The number of carbonyl (C=O) groups excluding carboxylic acids is 2. The molecule has 32 heavy (non-hydrogen) atoms. The highest BCUT2D eigenvalue weighted by molar-refractivity contribution is 6.30. The Morgan fingerprint density at radius 2 is 1.59 bits per heavy atom. The van der Waals surface area contributed by atoms with E-state index < -0.39 is 34.8 Å². The molecule has 0 atom stereocenters. The molecule has 9 heteroatoms. The number of nitrogens with zero attached hydrogens (tertiary/aromatic N) is 1. The average molecular weight is 456 g/mol. The summed E-state index contributed by atoms with van der Waals surface area (Å²) < 4.78 is 42.1. The summed E-state index contributed by atoms with van der Waals surface area (Å²) in [7, 11) is 0. The van der Waals surface area contributed by atoms with Gasteiger partial charge in [-0.25, -0.2) is 18.0 Å². The quantitative estimate of drug-likeness (QED) is 0.361. The number of amides is 2. The van der Waals surface area contributed by atoms with E-state index in [1.165, 1.54) is 24.3 Å². The zero-order valence-corrected chi connectivity index (χ0v) is 16.9. The smallest absolute Gasteiger partial charge is 0.308 e. The summed E-state index contributed by atoms with van der Waals surface area (Å²) in [6, 6.07) is 12.5. The molecule has 0 saturated heterocycles. The molecule has 0 radical (unpaired) electrons. The van der Waals surface area contributed by atoms with Crippen molar-refractivity contribution in [2.45, 2.75) is 0 Å². The van der Waals surface area contributed by atoms with E-state index in [9.17, 15) is 22.8 Å². The first-order valence-corrected chi connectivity index (χ1v) is 9.61. The van der Waals surface area contributed by atoms with Crippen LogP contribution in [0.25, 0.3) is 10.9 Å². The van der Waals surface area contributed by atoms with Crippen LogP contribution >= 0.6 is 11.6 Å². The van der Waals surface area contributed by atoms with Gasteiger partial charge in [0.1, 0.15) is 5.82 Å². The fraction of sp³-hybridized carbons (Fsp3) is 0. The molecule has 160 valence electrons. The number of fused-ring (bicyclic) bond motifs is 1. The number of hydrogen-bond acceptors (Lipinski definition) is 3. The van der Waals surface area contributed by atoms with E-state index in [4.69, 9.17) is 11.6 Å². The van der Waals surface area contributed by atoms with Gasteiger partial charge in [0.25, 0.3) is 0 Å². The average Bonchev–Trinajstić information content (AvgIpc) is 2.77. The molecule has 5 nitrogen and oxygen atoms in total. The molecule has 0 fully saturated rings. The zero-order valence-electron chi connectivity index (χ0n) is 16.1. The number of halogens is 4. The molecular weight excluding hydrogens is 443 g/mol. The normalized spacial score (nSPS) is 10.8. The van der Waals surface area contributed by atoms with E-state index in [2.05, 4.69) is 15.6 Å². The molecule has 0 spiro atoms. The second-order valence-corrected chi connectivity index (χ2v) is 7.17. The first kappa shape index (κ1) is 21.3. The molecule has 0 unspecified atom stereocenters. The number of nitrogens with one attached hydrogen (secondary N) is 2. The highest BCUT2D eigenvalue weighted by atomic mass is 35.5. The second kappa shape index (κ2) is 8.68. The molecule has 1 aromatic heterocycles. The number of anilines is 2. The number of rotatable bonds is 4. The van der Waals surface area contributed by atoms with E-state index in [1.54, 1.807) is 24.4 Å². The first-order valence-electron chi connectivity index (χ1n) is 9.23. The van der Waals surface area contributed by atoms with Gasteiger partial charge in [-0.3, -0.25) is 9.78 Å². The SMILES string of the molecule is O=C(Nc1ccc(Cl)c(F)c1)Nc1cc(F)c(F)c(C(=O)c2ccc3ncccc3c2)c1. The van der Waals surface area contributed by atoms with Crippen molar-refractivity contribution in [3.8, 4) is 0 Å². The fourth-order valence-electron chi connectivity index (χ4n) is 3.07. The van der Waals surface area contributed by atoms with Gasteiger partial charge in [-0.05, 0) is 48.5 Å². The maximum Gasteiger partial charge on any atom is 0.323 e. The monoisotopic (exact) mass is 455 g/mol. The van der Waals surface area contributed by atoms with Crippen molar-refractivity contribution in [1.82, 2.24) is 4.98 Å². The summed E-state index contributed by atoms with van der Waals surface area (Å²) in [4.78, 5) is 29.2. The fourth-order valence-corrected chi connectivity index (χ4v) is 3.18. The highest BCUT2D eigenvalue weighted by Crippen LogP contribution is 2.24. The highest BCUT2D eigenvalue weighted by Gasteiger charge is 2.20. The van der Waals surface area contributed by atoms with Gasteiger partial charge in [0.2, 0.25) is 0 Å². The number of pyridine rings is 1. The molecule has 0 aliphatic rings. The molecule has 2 N–H and O–H groups in total. The lowest BCUT2D eigenvalue weighted by molar-refractivity contribution is 0.103. The Morgan fingerprint density at radius 3 is 2.38 bits per heavy atom. The summed E-state index contributed by atoms with van der Waals surface area (Å²) >= 11 is 5.59. The molecule has 0 bridgehead atoms. The van der Waals surface area contributed by atoms with Gasteiger partial charge < -0.3 is 10.6 Å². The number of ketones is 1. The van der Waals surface area contributed by atoms with Crippen molar-refractivity contribution in [2.75, 3.05) is 10.6 Å². The molecule has 2 amide bonds.